The Labute approximate surface area is 349 Å². The Balaban J connectivity index is 0.975. The van der Waals surface area contributed by atoms with Crippen LogP contribution in [0.1, 0.15) is 0 Å². The summed E-state index contributed by atoms with van der Waals surface area (Å²) in [6.45, 7) is 0. The summed E-state index contributed by atoms with van der Waals surface area (Å²) in [5.74, 6) is 0. The maximum Gasteiger partial charge on any atom is 0.143 e. The molecule has 1 heterocycles. The zero-order chi connectivity index (χ0) is 39.8. The minimum atomic E-state index is 0.906. The first-order chi connectivity index (χ1) is 29.7. The van der Waals surface area contributed by atoms with Crippen molar-refractivity contribution in [1.29, 1.82) is 0 Å². The largest absolute Gasteiger partial charge is 0.455 e. The summed E-state index contributed by atoms with van der Waals surface area (Å²) in [5, 5.41) is 4.76. The van der Waals surface area contributed by atoms with Gasteiger partial charge in [-0.05, 0) is 109 Å². The molecule has 1 aromatic heterocycles. The van der Waals surface area contributed by atoms with Crippen LogP contribution in [0.5, 0.6) is 0 Å². The van der Waals surface area contributed by atoms with E-state index >= 15 is 0 Å². The number of para-hydroxylation sites is 2. The summed E-state index contributed by atoms with van der Waals surface area (Å²) in [7, 11) is 0. The molecule has 0 saturated heterocycles. The lowest BCUT2D eigenvalue weighted by Gasteiger charge is -2.26. The molecule has 10 aromatic carbocycles. The van der Waals surface area contributed by atoms with Crippen LogP contribution in [-0.4, -0.2) is 0 Å². The number of hydrogen-bond acceptors (Lipinski definition) is 2. The third-order valence-electron chi connectivity index (χ3n) is 11.7. The molecule has 0 radical (unpaired) electrons. The lowest BCUT2D eigenvalue weighted by molar-refractivity contribution is 0.670. The van der Waals surface area contributed by atoms with Gasteiger partial charge in [-0.15, -0.1) is 0 Å². The van der Waals surface area contributed by atoms with E-state index < -0.39 is 0 Å². The second-order valence-electron chi connectivity index (χ2n) is 15.3. The first kappa shape index (κ1) is 35.2. The van der Waals surface area contributed by atoms with E-state index in [1.54, 1.807) is 0 Å². The summed E-state index contributed by atoms with van der Waals surface area (Å²) >= 11 is 0. The molecular formula is C58H39NO. The molecular weight excluding hydrogens is 727 g/mol. The maximum absolute atomic E-state index is 6.44. The Bertz CT molecular complexity index is 3280. The van der Waals surface area contributed by atoms with Crippen LogP contribution >= 0.6 is 0 Å². The van der Waals surface area contributed by atoms with Crippen molar-refractivity contribution >= 4 is 49.8 Å². The van der Waals surface area contributed by atoms with Crippen molar-refractivity contribution in [3.63, 3.8) is 0 Å². The Morgan fingerprint density at radius 2 is 0.750 bits per heavy atom. The Kier molecular flexibility index (Phi) is 8.87. The lowest BCUT2D eigenvalue weighted by atomic mass is 9.97. The van der Waals surface area contributed by atoms with Gasteiger partial charge in [-0.25, -0.2) is 0 Å². The van der Waals surface area contributed by atoms with Gasteiger partial charge in [-0.2, -0.15) is 0 Å². The summed E-state index contributed by atoms with van der Waals surface area (Å²) in [5.41, 5.74) is 16.8. The molecule has 0 saturated carbocycles. The molecule has 282 valence electrons. The number of furan rings is 1. The predicted molar refractivity (Wildman–Crippen MR) is 253 cm³/mol. The van der Waals surface area contributed by atoms with E-state index in [4.69, 9.17) is 4.42 Å². The molecule has 0 aliphatic rings. The van der Waals surface area contributed by atoms with Gasteiger partial charge in [0, 0.05) is 33.4 Å². The van der Waals surface area contributed by atoms with Crippen molar-refractivity contribution in [1.82, 2.24) is 0 Å². The van der Waals surface area contributed by atoms with Gasteiger partial charge in [-0.1, -0.05) is 188 Å². The molecule has 0 N–H and O–H groups in total. The molecule has 11 rings (SSSR count). The number of anilines is 3. The Hall–Kier alpha value is -7.94. The highest BCUT2D eigenvalue weighted by atomic mass is 16.3. The molecule has 0 aliphatic carbocycles. The van der Waals surface area contributed by atoms with Crippen molar-refractivity contribution in [2.24, 2.45) is 0 Å². The van der Waals surface area contributed by atoms with Crippen LogP contribution in [0.15, 0.2) is 241 Å². The molecule has 60 heavy (non-hydrogen) atoms. The molecule has 0 atom stereocenters. The molecule has 0 unspecified atom stereocenters. The van der Waals surface area contributed by atoms with E-state index in [0.717, 1.165) is 61.3 Å². The van der Waals surface area contributed by atoms with Gasteiger partial charge in [-0.3, -0.25) is 0 Å². The topological polar surface area (TPSA) is 16.4 Å². The number of benzene rings is 10. The highest BCUT2D eigenvalue weighted by molar-refractivity contribution is 6.09. The highest BCUT2D eigenvalue weighted by Crippen LogP contribution is 2.41. The average Bonchev–Trinajstić information content (AvgIpc) is 3.72. The van der Waals surface area contributed by atoms with Crippen LogP contribution in [0.4, 0.5) is 17.1 Å². The van der Waals surface area contributed by atoms with Gasteiger partial charge in [0.15, 0.2) is 0 Å². The summed E-state index contributed by atoms with van der Waals surface area (Å²) in [4.78, 5) is 2.36. The van der Waals surface area contributed by atoms with Crippen molar-refractivity contribution in [2.45, 2.75) is 0 Å². The van der Waals surface area contributed by atoms with Crippen molar-refractivity contribution in [2.75, 3.05) is 4.90 Å². The van der Waals surface area contributed by atoms with E-state index in [1.807, 2.05) is 12.1 Å². The van der Waals surface area contributed by atoms with Gasteiger partial charge in [0.1, 0.15) is 11.2 Å². The van der Waals surface area contributed by atoms with Crippen molar-refractivity contribution in [3.8, 4) is 55.6 Å². The fourth-order valence-electron chi connectivity index (χ4n) is 8.67. The molecule has 0 aliphatic heterocycles. The average molecular weight is 766 g/mol. The number of rotatable bonds is 8. The molecule has 11 aromatic rings. The number of fused-ring (bicyclic) bond motifs is 4. The SMILES string of the molecule is c1ccc(-c2ccc(-c3ccc(N(c4ccc(-c5cccc6ccccc56)cc4)c4cccc(-c5cccc(-c6cccc7c6oc6ccccc67)c5)c4)cc3)cc2)cc1. The fraction of sp³-hybridized carbons (Fsp3) is 0. The van der Waals surface area contributed by atoms with Crippen LogP contribution in [0.3, 0.4) is 0 Å². The quantitative estimate of drug-likeness (QED) is 0.153. The second-order valence-corrected chi connectivity index (χ2v) is 15.3. The van der Waals surface area contributed by atoms with Gasteiger partial charge in [0.05, 0.1) is 0 Å². The second kappa shape index (κ2) is 15.1. The van der Waals surface area contributed by atoms with Gasteiger partial charge < -0.3 is 9.32 Å². The normalized spacial score (nSPS) is 11.3. The summed E-state index contributed by atoms with van der Waals surface area (Å²) in [6, 6.07) is 84.8. The molecule has 0 fully saturated rings. The molecule has 0 amide bonds. The van der Waals surface area contributed by atoms with Gasteiger partial charge in [0.2, 0.25) is 0 Å². The standard InChI is InChI=1S/C58H39NO/c1-2-12-40(13-3-1)41-26-28-42(29-27-41)43-30-34-49(35-31-43)59(50-36-32-45(33-37-50)53-22-10-15-44-14-4-5-20-52(44)53)51-19-9-17-47(39-51)46-16-8-18-48(38-46)54-23-11-24-56-55-21-6-7-25-57(55)60-58(54)56/h1-39H. The first-order valence-corrected chi connectivity index (χ1v) is 20.5. The monoisotopic (exact) mass is 765 g/mol. The first-order valence-electron chi connectivity index (χ1n) is 20.5. The van der Waals surface area contributed by atoms with E-state index in [2.05, 4.69) is 229 Å². The summed E-state index contributed by atoms with van der Waals surface area (Å²) in [6.07, 6.45) is 0. The third kappa shape index (κ3) is 6.51. The van der Waals surface area contributed by atoms with Crippen LogP contribution in [0.2, 0.25) is 0 Å². The Morgan fingerprint density at radius 3 is 1.50 bits per heavy atom. The van der Waals surface area contributed by atoms with Crippen LogP contribution in [0.25, 0.3) is 88.3 Å². The van der Waals surface area contributed by atoms with Crippen LogP contribution < -0.4 is 4.90 Å². The van der Waals surface area contributed by atoms with Gasteiger partial charge in [0.25, 0.3) is 0 Å². The zero-order valence-electron chi connectivity index (χ0n) is 32.9. The molecule has 0 bridgehead atoms. The smallest absolute Gasteiger partial charge is 0.143 e. The molecule has 0 spiro atoms. The lowest BCUT2D eigenvalue weighted by Crippen LogP contribution is -2.10. The predicted octanol–water partition coefficient (Wildman–Crippen LogP) is 16.5. The minimum absolute atomic E-state index is 0.906. The van der Waals surface area contributed by atoms with Crippen LogP contribution in [0, 0.1) is 0 Å². The van der Waals surface area contributed by atoms with E-state index in [9.17, 15) is 0 Å². The summed E-state index contributed by atoms with van der Waals surface area (Å²) < 4.78 is 6.44. The zero-order valence-corrected chi connectivity index (χ0v) is 32.9. The maximum atomic E-state index is 6.44. The van der Waals surface area contributed by atoms with E-state index in [-0.39, 0.29) is 0 Å². The highest BCUT2D eigenvalue weighted by Gasteiger charge is 2.17. The number of nitrogens with zero attached hydrogens (tertiary/aromatic N) is 1. The van der Waals surface area contributed by atoms with Crippen LogP contribution in [-0.2, 0) is 0 Å². The van der Waals surface area contributed by atoms with E-state index in [0.29, 0.717) is 0 Å². The fourth-order valence-corrected chi connectivity index (χ4v) is 8.67. The van der Waals surface area contributed by atoms with Crippen molar-refractivity contribution < 1.29 is 4.42 Å². The Morgan fingerprint density at radius 1 is 0.267 bits per heavy atom. The molecule has 2 heteroatoms. The number of hydrogen-bond donors (Lipinski definition) is 0. The third-order valence-corrected chi connectivity index (χ3v) is 11.7. The van der Waals surface area contributed by atoms with Gasteiger partial charge >= 0.3 is 0 Å². The van der Waals surface area contributed by atoms with Crippen molar-refractivity contribution in [3.05, 3.63) is 237 Å². The molecule has 2 nitrogen and oxygen atoms in total. The minimum Gasteiger partial charge on any atom is -0.455 e. The van der Waals surface area contributed by atoms with E-state index in [1.165, 1.54) is 44.2 Å².